The number of fused-ring (bicyclic) bond motifs is 1. The normalized spacial score (nSPS) is 12.8. The minimum Gasteiger partial charge on any atom is -0.431 e. The summed E-state index contributed by atoms with van der Waals surface area (Å²) >= 11 is 1.16. The van der Waals surface area contributed by atoms with Gasteiger partial charge in [0.25, 0.3) is 5.22 Å². The lowest BCUT2D eigenvalue weighted by molar-refractivity contribution is 0.488. The zero-order chi connectivity index (χ0) is 14.1. The zero-order valence-corrected chi connectivity index (χ0v) is 11.7. The number of nitrogens with two attached hydrogens (primary N) is 1. The van der Waals surface area contributed by atoms with Crippen LogP contribution in [0.15, 0.2) is 57.0 Å². The molecule has 0 spiro atoms. The molecular weight excluding hydrogens is 275 g/mol. The molecule has 5 heteroatoms. The molecule has 0 amide bonds. The Kier molecular flexibility index (Phi) is 3.46. The Bertz CT molecular complexity index is 721. The van der Waals surface area contributed by atoms with Crippen molar-refractivity contribution in [2.45, 2.75) is 23.1 Å². The maximum atomic E-state index is 14.0. The number of para-hydroxylation sites is 2. The van der Waals surface area contributed by atoms with Crippen LogP contribution in [-0.2, 0) is 0 Å². The maximum absolute atomic E-state index is 14.0. The van der Waals surface area contributed by atoms with E-state index in [-0.39, 0.29) is 11.9 Å². The minimum absolute atomic E-state index is 0.252. The average molecular weight is 288 g/mol. The SMILES string of the molecule is C[C@H](N)c1cccc(F)c1Sc1nc2ccccc2o1. The fourth-order valence-electron chi connectivity index (χ4n) is 1.97. The van der Waals surface area contributed by atoms with Gasteiger partial charge in [-0.3, -0.25) is 0 Å². The average Bonchev–Trinajstić information content (AvgIpc) is 2.83. The number of rotatable bonds is 3. The van der Waals surface area contributed by atoms with Crippen LogP contribution in [0.2, 0.25) is 0 Å². The summed E-state index contributed by atoms with van der Waals surface area (Å²) in [5, 5.41) is 0.415. The van der Waals surface area contributed by atoms with Crippen molar-refractivity contribution in [3.8, 4) is 0 Å². The van der Waals surface area contributed by atoms with Crippen molar-refractivity contribution in [1.82, 2.24) is 4.98 Å². The number of hydrogen-bond acceptors (Lipinski definition) is 4. The Morgan fingerprint density at radius 2 is 2.00 bits per heavy atom. The second-order valence-electron chi connectivity index (χ2n) is 4.50. The molecule has 0 saturated heterocycles. The van der Waals surface area contributed by atoms with Crippen molar-refractivity contribution < 1.29 is 8.81 Å². The highest BCUT2D eigenvalue weighted by molar-refractivity contribution is 7.99. The number of hydrogen-bond donors (Lipinski definition) is 1. The van der Waals surface area contributed by atoms with E-state index in [4.69, 9.17) is 10.2 Å². The van der Waals surface area contributed by atoms with Crippen molar-refractivity contribution in [3.63, 3.8) is 0 Å². The molecule has 0 saturated carbocycles. The third-order valence-electron chi connectivity index (χ3n) is 2.95. The van der Waals surface area contributed by atoms with E-state index in [0.717, 1.165) is 22.8 Å². The monoisotopic (exact) mass is 288 g/mol. The van der Waals surface area contributed by atoms with Gasteiger partial charge >= 0.3 is 0 Å². The molecule has 20 heavy (non-hydrogen) atoms. The highest BCUT2D eigenvalue weighted by Crippen LogP contribution is 2.35. The summed E-state index contributed by atoms with van der Waals surface area (Å²) in [6, 6.07) is 12.1. The smallest absolute Gasteiger partial charge is 0.261 e. The first-order valence-electron chi connectivity index (χ1n) is 6.22. The fraction of sp³-hybridized carbons (Fsp3) is 0.133. The number of oxazole rings is 1. The summed E-state index contributed by atoms with van der Waals surface area (Å²) in [7, 11) is 0. The molecule has 3 rings (SSSR count). The molecule has 102 valence electrons. The molecule has 0 radical (unpaired) electrons. The minimum atomic E-state index is -0.313. The van der Waals surface area contributed by atoms with E-state index in [1.54, 1.807) is 6.07 Å². The number of halogens is 1. The Hall–Kier alpha value is -1.85. The largest absolute Gasteiger partial charge is 0.431 e. The Morgan fingerprint density at radius 1 is 1.20 bits per heavy atom. The van der Waals surface area contributed by atoms with Crippen LogP contribution >= 0.6 is 11.8 Å². The van der Waals surface area contributed by atoms with Gasteiger partial charge in [0.2, 0.25) is 0 Å². The van der Waals surface area contributed by atoms with E-state index in [1.165, 1.54) is 6.07 Å². The van der Waals surface area contributed by atoms with Gasteiger partial charge in [0, 0.05) is 6.04 Å². The molecule has 3 aromatic rings. The molecule has 1 atom stereocenters. The molecule has 2 N–H and O–H groups in total. The number of nitrogens with zero attached hydrogens (tertiary/aromatic N) is 1. The van der Waals surface area contributed by atoms with Gasteiger partial charge in [0.05, 0.1) is 4.90 Å². The van der Waals surface area contributed by atoms with Crippen molar-refractivity contribution >= 4 is 22.9 Å². The van der Waals surface area contributed by atoms with Crippen LogP contribution in [0.1, 0.15) is 18.5 Å². The Morgan fingerprint density at radius 3 is 2.75 bits per heavy atom. The van der Waals surface area contributed by atoms with Crippen molar-refractivity contribution in [2.24, 2.45) is 5.73 Å². The summed E-state index contributed by atoms with van der Waals surface area (Å²) in [6.45, 7) is 1.82. The van der Waals surface area contributed by atoms with Crippen molar-refractivity contribution in [3.05, 3.63) is 53.8 Å². The number of aromatic nitrogens is 1. The Balaban J connectivity index is 2.02. The molecule has 1 heterocycles. The third kappa shape index (κ3) is 2.42. The van der Waals surface area contributed by atoms with E-state index >= 15 is 0 Å². The van der Waals surface area contributed by atoms with Gasteiger partial charge in [-0.2, -0.15) is 0 Å². The molecule has 0 unspecified atom stereocenters. The predicted molar refractivity (Wildman–Crippen MR) is 77.1 cm³/mol. The molecule has 3 nitrogen and oxygen atoms in total. The second-order valence-corrected chi connectivity index (χ2v) is 5.46. The molecular formula is C15H13FN2OS. The highest BCUT2D eigenvalue weighted by atomic mass is 32.2. The second kappa shape index (κ2) is 5.26. The van der Waals surface area contributed by atoms with Crippen LogP contribution in [0.25, 0.3) is 11.1 Å². The first kappa shape index (κ1) is 13.1. The first-order valence-corrected chi connectivity index (χ1v) is 7.04. The fourth-order valence-corrected chi connectivity index (χ4v) is 2.96. The topological polar surface area (TPSA) is 52.0 Å². The van der Waals surface area contributed by atoms with Crippen LogP contribution in [0.3, 0.4) is 0 Å². The first-order chi connectivity index (χ1) is 9.65. The van der Waals surface area contributed by atoms with Crippen molar-refractivity contribution in [1.29, 1.82) is 0 Å². The van der Waals surface area contributed by atoms with Crippen LogP contribution < -0.4 is 5.73 Å². The molecule has 0 aliphatic carbocycles. The van der Waals surface area contributed by atoms with Crippen LogP contribution in [0, 0.1) is 5.82 Å². The predicted octanol–water partition coefficient (Wildman–Crippen LogP) is 4.14. The van der Waals surface area contributed by atoms with Gasteiger partial charge in [0.15, 0.2) is 5.58 Å². The molecule has 1 aromatic heterocycles. The molecule has 0 aliphatic rings. The van der Waals surface area contributed by atoms with E-state index in [0.29, 0.717) is 15.7 Å². The molecule has 0 bridgehead atoms. The van der Waals surface area contributed by atoms with E-state index in [2.05, 4.69) is 4.98 Å². The van der Waals surface area contributed by atoms with Gasteiger partial charge in [0.1, 0.15) is 11.3 Å². The van der Waals surface area contributed by atoms with Crippen molar-refractivity contribution in [2.75, 3.05) is 0 Å². The van der Waals surface area contributed by atoms with E-state index < -0.39 is 0 Å². The van der Waals surface area contributed by atoms with Gasteiger partial charge in [-0.25, -0.2) is 9.37 Å². The van der Waals surface area contributed by atoms with Crippen LogP contribution in [-0.4, -0.2) is 4.98 Å². The summed E-state index contributed by atoms with van der Waals surface area (Å²) in [5.74, 6) is -0.313. The zero-order valence-electron chi connectivity index (χ0n) is 10.8. The standard InChI is InChI=1S/C15H13FN2OS/c1-9(17)10-5-4-6-11(16)14(10)20-15-18-12-7-2-3-8-13(12)19-15/h2-9H,17H2,1H3/t9-/m0/s1. The molecule has 2 aromatic carbocycles. The maximum Gasteiger partial charge on any atom is 0.261 e. The van der Waals surface area contributed by atoms with Gasteiger partial charge < -0.3 is 10.2 Å². The van der Waals surface area contributed by atoms with Gasteiger partial charge in [-0.1, -0.05) is 24.3 Å². The summed E-state index contributed by atoms with van der Waals surface area (Å²) in [5.41, 5.74) is 8.08. The highest BCUT2D eigenvalue weighted by Gasteiger charge is 2.16. The summed E-state index contributed by atoms with van der Waals surface area (Å²) < 4.78 is 19.6. The van der Waals surface area contributed by atoms with Gasteiger partial charge in [-0.05, 0) is 42.4 Å². The van der Waals surface area contributed by atoms with E-state index in [1.807, 2.05) is 37.3 Å². The Labute approximate surface area is 120 Å². The molecule has 0 aliphatic heterocycles. The quantitative estimate of drug-likeness (QED) is 0.787. The summed E-state index contributed by atoms with van der Waals surface area (Å²) in [6.07, 6.45) is 0. The van der Waals surface area contributed by atoms with E-state index in [9.17, 15) is 4.39 Å². The number of benzene rings is 2. The summed E-state index contributed by atoms with van der Waals surface area (Å²) in [4.78, 5) is 4.81. The molecule has 0 fully saturated rings. The van der Waals surface area contributed by atoms with Crippen LogP contribution in [0.4, 0.5) is 4.39 Å². The van der Waals surface area contributed by atoms with Gasteiger partial charge in [-0.15, -0.1) is 0 Å². The van der Waals surface area contributed by atoms with Crippen LogP contribution in [0.5, 0.6) is 0 Å². The lowest BCUT2D eigenvalue weighted by Crippen LogP contribution is -2.07. The lowest BCUT2D eigenvalue weighted by Gasteiger charge is -2.11. The lowest BCUT2D eigenvalue weighted by atomic mass is 10.1. The third-order valence-corrected chi connectivity index (χ3v) is 3.94.